The molecule has 0 fully saturated rings. The van der Waals surface area contributed by atoms with E-state index < -0.39 is 5.82 Å². The lowest BCUT2D eigenvalue weighted by Gasteiger charge is -2.08. The fraction of sp³-hybridized carbons (Fsp3) is 0.273. The van der Waals surface area contributed by atoms with Crippen molar-refractivity contribution in [2.45, 2.75) is 6.92 Å². The zero-order valence-corrected chi connectivity index (χ0v) is 9.13. The number of Topliss-reactive ketones (excluding diaryl/α,β-unsaturated/α-hetero) is 1. The van der Waals surface area contributed by atoms with Gasteiger partial charge in [-0.2, -0.15) is 0 Å². The van der Waals surface area contributed by atoms with E-state index in [0.29, 0.717) is 5.69 Å². The first kappa shape index (κ1) is 12.3. The second-order valence-corrected chi connectivity index (χ2v) is 3.32. The van der Waals surface area contributed by atoms with Crippen LogP contribution in [0.1, 0.15) is 17.3 Å². The van der Waals surface area contributed by atoms with Gasteiger partial charge in [-0.05, 0) is 25.2 Å². The van der Waals surface area contributed by atoms with Gasteiger partial charge in [0.15, 0.2) is 5.78 Å². The number of hydrogen-bond donors (Lipinski definition) is 2. The maximum atomic E-state index is 13.0. The number of hydrogen-bond acceptors (Lipinski definition) is 3. The predicted octanol–water partition coefficient (Wildman–Crippen LogP) is 1.19. The fourth-order valence-corrected chi connectivity index (χ4v) is 1.30. The molecule has 0 unspecified atom stereocenters. The summed E-state index contributed by atoms with van der Waals surface area (Å²) in [6.45, 7) is 1.42. The van der Waals surface area contributed by atoms with E-state index >= 15 is 0 Å². The number of anilines is 1. The normalized spacial score (nSPS) is 9.94. The van der Waals surface area contributed by atoms with Gasteiger partial charge in [0.2, 0.25) is 5.91 Å². The monoisotopic (exact) mass is 224 g/mol. The summed E-state index contributed by atoms with van der Waals surface area (Å²) in [5.41, 5.74) is 0.499. The Morgan fingerprint density at radius 1 is 1.38 bits per heavy atom. The number of ketones is 1. The SMILES string of the molecule is CNCC(=O)c1cc(F)ccc1NC(C)=O. The second-order valence-electron chi connectivity index (χ2n) is 3.32. The molecule has 2 N–H and O–H groups in total. The third kappa shape index (κ3) is 3.13. The predicted molar refractivity (Wildman–Crippen MR) is 59.0 cm³/mol. The van der Waals surface area contributed by atoms with Crippen LogP contribution < -0.4 is 10.6 Å². The van der Waals surface area contributed by atoms with Crippen molar-refractivity contribution in [3.8, 4) is 0 Å². The molecule has 0 bridgehead atoms. The number of amides is 1. The van der Waals surface area contributed by atoms with Crippen molar-refractivity contribution in [2.75, 3.05) is 18.9 Å². The molecule has 0 aliphatic carbocycles. The average molecular weight is 224 g/mol. The third-order valence-corrected chi connectivity index (χ3v) is 1.93. The first-order valence-electron chi connectivity index (χ1n) is 4.79. The molecule has 5 heteroatoms. The van der Waals surface area contributed by atoms with Crippen LogP contribution in [0.15, 0.2) is 18.2 Å². The van der Waals surface area contributed by atoms with Crippen molar-refractivity contribution < 1.29 is 14.0 Å². The Balaban J connectivity index is 3.07. The standard InChI is InChI=1S/C11H13FN2O2/c1-7(15)14-10-4-3-8(12)5-9(10)11(16)6-13-2/h3-5,13H,6H2,1-2H3,(H,14,15). The van der Waals surface area contributed by atoms with Gasteiger partial charge >= 0.3 is 0 Å². The van der Waals surface area contributed by atoms with Gasteiger partial charge < -0.3 is 10.6 Å². The van der Waals surface area contributed by atoms with Crippen molar-refractivity contribution in [3.05, 3.63) is 29.6 Å². The van der Waals surface area contributed by atoms with Crippen LogP contribution in [0.25, 0.3) is 0 Å². The van der Waals surface area contributed by atoms with E-state index in [1.165, 1.54) is 19.1 Å². The highest BCUT2D eigenvalue weighted by Gasteiger charge is 2.12. The molecule has 1 rings (SSSR count). The minimum Gasteiger partial charge on any atom is -0.326 e. The first-order chi connectivity index (χ1) is 7.54. The maximum absolute atomic E-state index is 13.0. The van der Waals surface area contributed by atoms with Crippen LogP contribution in [0.5, 0.6) is 0 Å². The van der Waals surface area contributed by atoms with Gasteiger partial charge in [0, 0.05) is 12.5 Å². The molecule has 0 aliphatic rings. The summed E-state index contributed by atoms with van der Waals surface area (Å²) in [5.74, 6) is -1.08. The van der Waals surface area contributed by atoms with E-state index in [9.17, 15) is 14.0 Å². The largest absolute Gasteiger partial charge is 0.326 e. The van der Waals surface area contributed by atoms with Crippen molar-refractivity contribution in [3.63, 3.8) is 0 Å². The lowest BCUT2D eigenvalue weighted by Crippen LogP contribution is -2.20. The molecular weight excluding hydrogens is 211 g/mol. The number of carbonyl (C=O) groups excluding carboxylic acids is 2. The maximum Gasteiger partial charge on any atom is 0.221 e. The molecule has 1 amide bonds. The smallest absolute Gasteiger partial charge is 0.221 e. The third-order valence-electron chi connectivity index (χ3n) is 1.93. The minimum absolute atomic E-state index is 0.0933. The molecule has 1 aromatic rings. The van der Waals surface area contributed by atoms with Gasteiger partial charge in [-0.25, -0.2) is 4.39 Å². The Hall–Kier alpha value is -1.75. The van der Waals surface area contributed by atoms with E-state index in [0.717, 1.165) is 6.07 Å². The molecule has 0 aromatic heterocycles. The highest BCUT2D eigenvalue weighted by Crippen LogP contribution is 2.17. The molecule has 0 atom stereocenters. The summed E-state index contributed by atoms with van der Waals surface area (Å²) < 4.78 is 13.0. The zero-order chi connectivity index (χ0) is 12.1. The summed E-state index contributed by atoms with van der Waals surface area (Å²) >= 11 is 0. The Morgan fingerprint density at radius 3 is 2.62 bits per heavy atom. The van der Waals surface area contributed by atoms with Crippen LogP contribution in [-0.2, 0) is 4.79 Å². The number of likely N-dealkylation sites (N-methyl/N-ethyl adjacent to an activating group) is 1. The van der Waals surface area contributed by atoms with Crippen LogP contribution in [0.3, 0.4) is 0 Å². The number of nitrogens with one attached hydrogen (secondary N) is 2. The van der Waals surface area contributed by atoms with Crippen molar-refractivity contribution in [2.24, 2.45) is 0 Å². The quantitative estimate of drug-likeness (QED) is 0.755. The van der Waals surface area contributed by atoms with E-state index in [1.807, 2.05) is 0 Å². The van der Waals surface area contributed by atoms with Crippen LogP contribution in [0, 0.1) is 5.82 Å². The number of rotatable bonds is 4. The minimum atomic E-state index is -0.506. The summed E-state index contributed by atoms with van der Waals surface area (Å²) in [6, 6.07) is 3.69. The molecule has 1 aromatic carbocycles. The zero-order valence-electron chi connectivity index (χ0n) is 9.13. The van der Waals surface area contributed by atoms with Crippen LogP contribution in [0.4, 0.5) is 10.1 Å². The van der Waals surface area contributed by atoms with E-state index in [4.69, 9.17) is 0 Å². The summed E-state index contributed by atoms with van der Waals surface area (Å²) in [6.07, 6.45) is 0. The lowest BCUT2D eigenvalue weighted by molar-refractivity contribution is -0.114. The molecule has 4 nitrogen and oxygen atoms in total. The molecule has 0 aliphatic heterocycles. The van der Waals surface area contributed by atoms with Crippen molar-refractivity contribution in [1.29, 1.82) is 0 Å². The highest BCUT2D eigenvalue weighted by atomic mass is 19.1. The molecule has 0 saturated carbocycles. The van der Waals surface area contributed by atoms with Crippen molar-refractivity contribution in [1.82, 2.24) is 5.32 Å². The Labute approximate surface area is 92.8 Å². The van der Waals surface area contributed by atoms with Gasteiger partial charge in [-0.15, -0.1) is 0 Å². The summed E-state index contributed by atoms with van der Waals surface area (Å²) in [7, 11) is 1.62. The van der Waals surface area contributed by atoms with Gasteiger partial charge in [0.05, 0.1) is 12.2 Å². The molecule has 0 saturated heterocycles. The molecule has 0 heterocycles. The van der Waals surface area contributed by atoms with Gasteiger partial charge in [-0.1, -0.05) is 0 Å². The van der Waals surface area contributed by atoms with Crippen molar-refractivity contribution >= 4 is 17.4 Å². The second kappa shape index (κ2) is 5.37. The van der Waals surface area contributed by atoms with Gasteiger partial charge in [0.25, 0.3) is 0 Å². The molecular formula is C11H13FN2O2. The molecule has 16 heavy (non-hydrogen) atoms. The number of halogens is 1. The Bertz CT molecular complexity index is 418. The number of carbonyl (C=O) groups is 2. The fourth-order valence-electron chi connectivity index (χ4n) is 1.30. The number of benzene rings is 1. The Kier molecular flexibility index (Phi) is 4.13. The highest BCUT2D eigenvalue weighted by molar-refractivity contribution is 6.05. The van der Waals surface area contributed by atoms with E-state index in [2.05, 4.69) is 10.6 Å². The van der Waals surface area contributed by atoms with Crippen LogP contribution in [-0.4, -0.2) is 25.3 Å². The summed E-state index contributed by atoms with van der Waals surface area (Å²) in [5, 5.41) is 5.17. The van der Waals surface area contributed by atoms with Crippen LogP contribution >= 0.6 is 0 Å². The van der Waals surface area contributed by atoms with E-state index in [1.54, 1.807) is 7.05 Å². The topological polar surface area (TPSA) is 58.2 Å². The summed E-state index contributed by atoms with van der Waals surface area (Å²) in [4.78, 5) is 22.5. The van der Waals surface area contributed by atoms with Gasteiger partial charge in [-0.3, -0.25) is 9.59 Å². The Morgan fingerprint density at radius 2 is 2.06 bits per heavy atom. The molecule has 86 valence electrons. The van der Waals surface area contributed by atoms with Crippen LogP contribution in [0.2, 0.25) is 0 Å². The first-order valence-corrected chi connectivity index (χ1v) is 4.79. The van der Waals surface area contributed by atoms with E-state index in [-0.39, 0.29) is 23.8 Å². The van der Waals surface area contributed by atoms with Gasteiger partial charge in [0.1, 0.15) is 5.82 Å². The lowest BCUT2D eigenvalue weighted by atomic mass is 10.1. The average Bonchev–Trinajstić information content (AvgIpc) is 2.20. The molecule has 0 radical (unpaired) electrons. The molecule has 0 spiro atoms.